The molecule has 108 valence electrons. The third-order valence-corrected chi connectivity index (χ3v) is 2.63. The summed E-state index contributed by atoms with van der Waals surface area (Å²) < 4.78 is 12.7. The van der Waals surface area contributed by atoms with Gasteiger partial charge in [0.15, 0.2) is 11.6 Å². The topological polar surface area (TPSA) is 62.1 Å². The fourth-order valence-corrected chi connectivity index (χ4v) is 1.81. The molecule has 20 heavy (non-hydrogen) atoms. The van der Waals surface area contributed by atoms with E-state index < -0.39 is 0 Å². The molecular formula is C13H17ClN4O2. The second kappa shape index (κ2) is 7.21. The zero-order chi connectivity index (χ0) is 14.4. The van der Waals surface area contributed by atoms with Gasteiger partial charge in [-0.25, -0.2) is 4.98 Å². The molecule has 2 rings (SSSR count). The summed E-state index contributed by atoms with van der Waals surface area (Å²) in [5, 5.41) is 4.51. The lowest BCUT2D eigenvalue weighted by atomic mass is 10.5. The Hall–Kier alpha value is -1.66. The van der Waals surface area contributed by atoms with E-state index in [1.54, 1.807) is 12.3 Å². The first-order chi connectivity index (χ1) is 9.71. The molecule has 2 aromatic heterocycles. The molecule has 2 heterocycles. The van der Waals surface area contributed by atoms with E-state index in [-0.39, 0.29) is 0 Å². The van der Waals surface area contributed by atoms with Crippen molar-refractivity contribution in [3.05, 3.63) is 29.4 Å². The summed E-state index contributed by atoms with van der Waals surface area (Å²) in [4.78, 5) is 8.32. The predicted molar refractivity (Wildman–Crippen MR) is 75.0 cm³/mol. The highest BCUT2D eigenvalue weighted by atomic mass is 35.5. The Kier molecular flexibility index (Phi) is 5.31. The molecule has 6 nitrogen and oxygen atoms in total. The molecule has 0 aliphatic heterocycles. The van der Waals surface area contributed by atoms with Gasteiger partial charge in [0.1, 0.15) is 11.8 Å². The minimum Gasteiger partial charge on any atom is -0.436 e. The van der Waals surface area contributed by atoms with Crippen molar-refractivity contribution in [2.45, 2.75) is 33.4 Å². The first-order valence-corrected chi connectivity index (χ1v) is 6.90. The highest BCUT2D eigenvalue weighted by molar-refractivity contribution is 6.29. The van der Waals surface area contributed by atoms with Crippen molar-refractivity contribution in [2.75, 3.05) is 6.61 Å². The minimum absolute atomic E-state index is 0.308. The van der Waals surface area contributed by atoms with E-state index in [2.05, 4.69) is 22.0 Å². The highest BCUT2D eigenvalue weighted by Crippen LogP contribution is 2.21. The SMILES string of the molecule is CCCn1cc(Oc2cc(Cl)nc(COCC)n2)cn1. The Balaban J connectivity index is 2.09. The molecule has 0 aliphatic rings. The summed E-state index contributed by atoms with van der Waals surface area (Å²) >= 11 is 5.94. The quantitative estimate of drug-likeness (QED) is 0.735. The van der Waals surface area contributed by atoms with Crippen LogP contribution in [0.1, 0.15) is 26.1 Å². The van der Waals surface area contributed by atoms with E-state index >= 15 is 0 Å². The average molecular weight is 297 g/mol. The van der Waals surface area contributed by atoms with Crippen LogP contribution in [0.5, 0.6) is 11.6 Å². The van der Waals surface area contributed by atoms with E-state index in [9.17, 15) is 0 Å². The van der Waals surface area contributed by atoms with Crippen LogP contribution in [-0.2, 0) is 17.9 Å². The van der Waals surface area contributed by atoms with Crippen molar-refractivity contribution in [1.82, 2.24) is 19.7 Å². The number of aryl methyl sites for hydroxylation is 1. The van der Waals surface area contributed by atoms with Gasteiger partial charge >= 0.3 is 0 Å². The molecule has 0 aliphatic carbocycles. The van der Waals surface area contributed by atoms with Crippen LogP contribution in [-0.4, -0.2) is 26.4 Å². The molecule has 0 unspecified atom stereocenters. The molecule has 0 bridgehead atoms. The normalized spacial score (nSPS) is 10.8. The van der Waals surface area contributed by atoms with Crippen LogP contribution < -0.4 is 4.74 Å². The van der Waals surface area contributed by atoms with E-state index in [1.165, 1.54) is 0 Å². The first-order valence-electron chi connectivity index (χ1n) is 6.52. The molecule has 0 aromatic carbocycles. The second-order valence-corrected chi connectivity index (χ2v) is 4.51. The zero-order valence-electron chi connectivity index (χ0n) is 11.5. The fourth-order valence-electron chi connectivity index (χ4n) is 1.62. The lowest BCUT2D eigenvalue weighted by molar-refractivity contribution is 0.128. The zero-order valence-corrected chi connectivity index (χ0v) is 12.3. The third-order valence-electron chi connectivity index (χ3n) is 2.44. The summed E-state index contributed by atoms with van der Waals surface area (Å²) in [7, 11) is 0. The summed E-state index contributed by atoms with van der Waals surface area (Å²) in [6.07, 6.45) is 4.48. The van der Waals surface area contributed by atoms with Crippen LogP contribution in [0.3, 0.4) is 0 Å². The van der Waals surface area contributed by atoms with Crippen molar-refractivity contribution in [3.63, 3.8) is 0 Å². The monoisotopic (exact) mass is 296 g/mol. The highest BCUT2D eigenvalue weighted by Gasteiger charge is 2.07. The number of nitrogens with zero attached hydrogens (tertiary/aromatic N) is 4. The average Bonchev–Trinajstić information content (AvgIpc) is 2.83. The summed E-state index contributed by atoms with van der Waals surface area (Å²) in [5.74, 6) is 1.50. The lowest BCUT2D eigenvalue weighted by Gasteiger charge is -2.05. The predicted octanol–water partition coefficient (Wildman–Crippen LogP) is 3.07. The Morgan fingerprint density at radius 3 is 2.90 bits per heavy atom. The van der Waals surface area contributed by atoms with Gasteiger partial charge < -0.3 is 9.47 Å². The van der Waals surface area contributed by atoms with Crippen LogP contribution in [0.15, 0.2) is 18.5 Å². The second-order valence-electron chi connectivity index (χ2n) is 4.12. The third kappa shape index (κ3) is 4.18. The molecule has 0 radical (unpaired) electrons. The maximum absolute atomic E-state index is 5.94. The van der Waals surface area contributed by atoms with Gasteiger partial charge in [-0.05, 0) is 13.3 Å². The standard InChI is InChI=1S/C13H17ClN4O2/c1-3-5-18-8-10(7-15-18)20-13-6-11(14)16-12(17-13)9-19-4-2/h6-8H,3-5,9H2,1-2H3. The van der Waals surface area contributed by atoms with Crippen LogP contribution in [0.25, 0.3) is 0 Å². The van der Waals surface area contributed by atoms with Gasteiger partial charge in [-0.3, -0.25) is 4.68 Å². The van der Waals surface area contributed by atoms with Crippen LogP contribution in [0, 0.1) is 0 Å². The van der Waals surface area contributed by atoms with Gasteiger partial charge in [0.25, 0.3) is 0 Å². The van der Waals surface area contributed by atoms with Crippen molar-refractivity contribution >= 4 is 11.6 Å². The summed E-state index contributed by atoms with van der Waals surface area (Å²) in [6, 6.07) is 1.56. The van der Waals surface area contributed by atoms with Crippen molar-refractivity contribution in [3.8, 4) is 11.6 Å². The Morgan fingerprint density at radius 1 is 1.30 bits per heavy atom. The van der Waals surface area contributed by atoms with E-state index in [0.29, 0.717) is 35.8 Å². The number of halogens is 1. The Bertz CT molecular complexity index is 559. The van der Waals surface area contributed by atoms with Gasteiger partial charge in [0.05, 0.1) is 12.4 Å². The van der Waals surface area contributed by atoms with Crippen LogP contribution in [0.4, 0.5) is 0 Å². The molecule has 0 saturated heterocycles. The van der Waals surface area contributed by atoms with Gasteiger partial charge in [-0.2, -0.15) is 10.1 Å². The summed E-state index contributed by atoms with van der Waals surface area (Å²) in [5.41, 5.74) is 0. The van der Waals surface area contributed by atoms with Crippen molar-refractivity contribution in [2.24, 2.45) is 0 Å². The first kappa shape index (κ1) is 14.7. The fraction of sp³-hybridized carbons (Fsp3) is 0.462. The molecular weight excluding hydrogens is 280 g/mol. The van der Waals surface area contributed by atoms with Gasteiger partial charge in [0.2, 0.25) is 5.88 Å². The number of ether oxygens (including phenoxy) is 2. The van der Waals surface area contributed by atoms with Gasteiger partial charge in [0, 0.05) is 19.2 Å². The number of aromatic nitrogens is 4. The maximum atomic E-state index is 5.94. The lowest BCUT2D eigenvalue weighted by Crippen LogP contribution is -2.00. The summed E-state index contributed by atoms with van der Waals surface area (Å²) in [6.45, 7) is 5.75. The van der Waals surface area contributed by atoms with Crippen LogP contribution >= 0.6 is 11.6 Å². The van der Waals surface area contributed by atoms with Crippen molar-refractivity contribution in [1.29, 1.82) is 0 Å². The minimum atomic E-state index is 0.308. The maximum Gasteiger partial charge on any atom is 0.224 e. The largest absolute Gasteiger partial charge is 0.436 e. The van der Waals surface area contributed by atoms with E-state index in [4.69, 9.17) is 21.1 Å². The number of hydrogen-bond donors (Lipinski definition) is 0. The molecule has 7 heteroatoms. The smallest absolute Gasteiger partial charge is 0.224 e. The van der Waals surface area contributed by atoms with Crippen LogP contribution in [0.2, 0.25) is 5.15 Å². The van der Waals surface area contributed by atoms with E-state index in [1.807, 2.05) is 17.8 Å². The molecule has 0 amide bonds. The van der Waals surface area contributed by atoms with E-state index in [0.717, 1.165) is 13.0 Å². The van der Waals surface area contributed by atoms with Crippen molar-refractivity contribution < 1.29 is 9.47 Å². The number of hydrogen-bond acceptors (Lipinski definition) is 5. The molecule has 0 N–H and O–H groups in total. The molecule has 2 aromatic rings. The number of rotatable bonds is 7. The molecule has 0 spiro atoms. The Morgan fingerprint density at radius 2 is 2.15 bits per heavy atom. The molecule has 0 atom stereocenters. The molecule has 0 saturated carbocycles. The van der Waals surface area contributed by atoms with Gasteiger partial charge in [-0.1, -0.05) is 18.5 Å². The van der Waals surface area contributed by atoms with Gasteiger partial charge in [-0.15, -0.1) is 0 Å². The Labute approximate surface area is 122 Å². The molecule has 0 fully saturated rings.